The smallest absolute Gasteiger partial charge is 0.309 e. The molecule has 0 unspecified atom stereocenters. The molecular weight excluding hydrogens is 433 g/mol. The lowest BCUT2D eigenvalue weighted by Crippen LogP contribution is -2.49. The van der Waals surface area contributed by atoms with Crippen LogP contribution in [0, 0.1) is 5.82 Å². The van der Waals surface area contributed by atoms with Gasteiger partial charge in [-0.1, -0.05) is 24.3 Å². The molecule has 34 heavy (non-hydrogen) atoms. The lowest BCUT2D eigenvalue weighted by Gasteiger charge is -2.39. The van der Waals surface area contributed by atoms with Gasteiger partial charge < -0.3 is 20.4 Å². The Hall–Kier alpha value is -2.97. The zero-order valence-electron chi connectivity index (χ0n) is 20.0. The minimum Gasteiger partial charge on any atom is -0.374 e. The predicted molar refractivity (Wildman–Crippen MR) is 131 cm³/mol. The molecule has 0 spiro atoms. The summed E-state index contributed by atoms with van der Waals surface area (Å²) in [6, 6.07) is 12.5. The summed E-state index contributed by atoms with van der Waals surface area (Å²) in [4.78, 5) is 31.9. The molecule has 2 aromatic rings. The summed E-state index contributed by atoms with van der Waals surface area (Å²) in [5.41, 5.74) is 4.52. The Kier molecular flexibility index (Phi) is 7.80. The number of hydrogen-bond acceptors (Lipinski definition) is 5. The largest absolute Gasteiger partial charge is 0.374 e. The number of nitrogens with zero attached hydrogens (tertiary/aromatic N) is 3. The van der Waals surface area contributed by atoms with E-state index in [1.165, 1.54) is 28.9 Å². The molecule has 1 saturated heterocycles. The van der Waals surface area contributed by atoms with Crippen LogP contribution < -0.4 is 15.5 Å². The Bertz CT molecular complexity index is 1000. The molecule has 0 saturated carbocycles. The monoisotopic (exact) mass is 467 g/mol. The number of amides is 2. The van der Waals surface area contributed by atoms with Crippen LogP contribution in [0.5, 0.6) is 0 Å². The first-order valence-electron chi connectivity index (χ1n) is 12.0. The van der Waals surface area contributed by atoms with Gasteiger partial charge in [0.25, 0.3) is 0 Å². The number of piperazine rings is 1. The van der Waals surface area contributed by atoms with Crippen molar-refractivity contribution in [3.63, 3.8) is 0 Å². The third-order valence-corrected chi connectivity index (χ3v) is 6.85. The molecule has 2 amide bonds. The highest BCUT2D eigenvalue weighted by atomic mass is 19.1. The van der Waals surface area contributed by atoms with Gasteiger partial charge in [-0.25, -0.2) is 4.39 Å². The van der Waals surface area contributed by atoms with E-state index in [1.54, 1.807) is 12.1 Å². The van der Waals surface area contributed by atoms with E-state index < -0.39 is 11.8 Å². The maximum Gasteiger partial charge on any atom is 0.309 e. The average molecular weight is 468 g/mol. The molecule has 2 heterocycles. The summed E-state index contributed by atoms with van der Waals surface area (Å²) in [5, 5.41) is 5.46. The van der Waals surface area contributed by atoms with Crippen molar-refractivity contribution in [3.8, 4) is 0 Å². The Morgan fingerprint density at radius 3 is 2.38 bits per heavy atom. The highest BCUT2D eigenvalue weighted by molar-refractivity contribution is 6.35. The number of aryl methyl sites for hydroxylation is 1. The molecule has 2 aromatic carbocycles. The van der Waals surface area contributed by atoms with Crippen molar-refractivity contribution in [3.05, 3.63) is 65.0 Å². The predicted octanol–water partition coefficient (Wildman–Crippen LogP) is 1.93. The van der Waals surface area contributed by atoms with Crippen molar-refractivity contribution < 1.29 is 14.0 Å². The fourth-order valence-corrected chi connectivity index (χ4v) is 4.74. The molecule has 4 rings (SSSR count). The number of halogens is 1. The number of likely N-dealkylation sites (N-methyl/N-ethyl adjacent to an activating group) is 1. The number of anilines is 1. The van der Waals surface area contributed by atoms with E-state index in [2.05, 4.69) is 57.6 Å². The number of carbonyl (C=O) groups is 2. The van der Waals surface area contributed by atoms with Crippen LogP contribution in [-0.2, 0) is 22.6 Å². The van der Waals surface area contributed by atoms with Crippen molar-refractivity contribution >= 4 is 17.5 Å². The van der Waals surface area contributed by atoms with Gasteiger partial charge in [-0.2, -0.15) is 0 Å². The second kappa shape index (κ2) is 11.0. The van der Waals surface area contributed by atoms with Gasteiger partial charge in [0.1, 0.15) is 5.82 Å². The topological polar surface area (TPSA) is 67.9 Å². The minimum absolute atomic E-state index is 0.0000752. The van der Waals surface area contributed by atoms with Gasteiger partial charge in [0, 0.05) is 58.5 Å². The second-order valence-electron chi connectivity index (χ2n) is 9.29. The number of rotatable bonds is 6. The molecule has 1 atom stereocenters. The molecule has 2 N–H and O–H groups in total. The summed E-state index contributed by atoms with van der Waals surface area (Å²) in [5.74, 6) is -1.68. The molecule has 0 aliphatic carbocycles. The normalized spacial score (nSPS) is 17.7. The van der Waals surface area contributed by atoms with Crippen LogP contribution in [0.15, 0.2) is 42.5 Å². The number of carbonyl (C=O) groups excluding carboxylic acids is 2. The Morgan fingerprint density at radius 1 is 0.941 bits per heavy atom. The van der Waals surface area contributed by atoms with Crippen LogP contribution in [-0.4, -0.2) is 75.0 Å². The first kappa shape index (κ1) is 24.2. The van der Waals surface area contributed by atoms with Crippen molar-refractivity contribution in [2.75, 3.05) is 58.3 Å². The van der Waals surface area contributed by atoms with Crippen LogP contribution in [0.25, 0.3) is 0 Å². The minimum atomic E-state index is -0.687. The van der Waals surface area contributed by atoms with Crippen LogP contribution in [0.2, 0.25) is 0 Å². The van der Waals surface area contributed by atoms with Gasteiger partial charge in [0.05, 0.1) is 6.04 Å². The van der Waals surface area contributed by atoms with Gasteiger partial charge in [0.2, 0.25) is 0 Å². The molecule has 2 aliphatic rings. The van der Waals surface area contributed by atoms with E-state index in [4.69, 9.17) is 0 Å². The summed E-state index contributed by atoms with van der Waals surface area (Å²) in [6.07, 6.45) is 2.19. The van der Waals surface area contributed by atoms with Gasteiger partial charge in [0.15, 0.2) is 0 Å². The zero-order chi connectivity index (χ0) is 24.1. The maximum atomic E-state index is 13.1. The van der Waals surface area contributed by atoms with E-state index >= 15 is 0 Å². The summed E-state index contributed by atoms with van der Waals surface area (Å²) >= 11 is 0. The van der Waals surface area contributed by atoms with E-state index in [-0.39, 0.29) is 18.4 Å². The molecule has 0 aromatic heterocycles. The van der Waals surface area contributed by atoms with E-state index in [1.807, 2.05) is 0 Å². The molecule has 1 fully saturated rings. The van der Waals surface area contributed by atoms with E-state index in [0.717, 1.165) is 51.1 Å². The van der Waals surface area contributed by atoms with Crippen LogP contribution in [0.3, 0.4) is 0 Å². The first-order valence-corrected chi connectivity index (χ1v) is 12.0. The standard InChI is InChI=1S/C26H34FN5O2/c1-30-12-14-32(15-13-30)24(21-7-10-23-20(16-21)4-3-11-31(23)2)18-29-26(34)25(33)28-17-19-5-8-22(27)9-6-19/h5-10,16,24H,3-4,11-15,17-18H2,1-2H3,(H,28,33)(H,29,34)/t24-/m0/s1. The van der Waals surface area contributed by atoms with Gasteiger partial charge in [-0.15, -0.1) is 0 Å². The van der Waals surface area contributed by atoms with Crippen LogP contribution in [0.1, 0.15) is 29.2 Å². The Labute approximate surface area is 200 Å². The van der Waals surface area contributed by atoms with Crippen molar-refractivity contribution in [2.24, 2.45) is 0 Å². The molecule has 7 nitrogen and oxygen atoms in total. The van der Waals surface area contributed by atoms with Crippen LogP contribution >= 0.6 is 0 Å². The lowest BCUT2D eigenvalue weighted by atomic mass is 9.95. The quantitative estimate of drug-likeness (QED) is 0.636. The average Bonchev–Trinajstić information content (AvgIpc) is 2.84. The van der Waals surface area contributed by atoms with E-state index in [0.29, 0.717) is 6.54 Å². The summed E-state index contributed by atoms with van der Waals surface area (Å²) in [7, 11) is 4.24. The number of benzene rings is 2. The van der Waals surface area contributed by atoms with Gasteiger partial charge >= 0.3 is 11.8 Å². The van der Waals surface area contributed by atoms with Gasteiger partial charge in [-0.05, 0) is 54.8 Å². The SMILES string of the molecule is CN1CCN([C@@H](CNC(=O)C(=O)NCc2ccc(F)cc2)c2ccc3c(c2)CCCN3C)CC1. The first-order chi connectivity index (χ1) is 16.4. The second-order valence-corrected chi connectivity index (χ2v) is 9.29. The van der Waals surface area contributed by atoms with Crippen molar-refractivity contribution in [1.29, 1.82) is 0 Å². The number of fused-ring (bicyclic) bond motifs is 1. The highest BCUT2D eigenvalue weighted by Crippen LogP contribution is 2.31. The molecule has 8 heteroatoms. The molecule has 0 bridgehead atoms. The third kappa shape index (κ3) is 5.93. The fourth-order valence-electron chi connectivity index (χ4n) is 4.74. The Morgan fingerprint density at radius 2 is 1.65 bits per heavy atom. The number of nitrogens with one attached hydrogen (secondary N) is 2. The lowest BCUT2D eigenvalue weighted by molar-refractivity contribution is -0.139. The summed E-state index contributed by atoms with van der Waals surface area (Å²) < 4.78 is 13.1. The maximum absolute atomic E-state index is 13.1. The number of hydrogen-bond donors (Lipinski definition) is 2. The fraction of sp³-hybridized carbons (Fsp3) is 0.462. The molecule has 0 radical (unpaired) electrons. The molecular formula is C26H34FN5O2. The van der Waals surface area contributed by atoms with Crippen LogP contribution in [0.4, 0.5) is 10.1 Å². The summed E-state index contributed by atoms with van der Waals surface area (Å²) in [6.45, 7) is 5.35. The van der Waals surface area contributed by atoms with Crippen molar-refractivity contribution in [1.82, 2.24) is 20.4 Å². The highest BCUT2D eigenvalue weighted by Gasteiger charge is 2.27. The van der Waals surface area contributed by atoms with Gasteiger partial charge in [-0.3, -0.25) is 14.5 Å². The Balaban J connectivity index is 1.42. The molecule has 182 valence electrons. The zero-order valence-corrected chi connectivity index (χ0v) is 20.0. The molecule has 2 aliphatic heterocycles. The third-order valence-electron chi connectivity index (χ3n) is 6.85. The van der Waals surface area contributed by atoms with Crippen molar-refractivity contribution in [2.45, 2.75) is 25.4 Å². The van der Waals surface area contributed by atoms with E-state index in [9.17, 15) is 14.0 Å².